The van der Waals surface area contributed by atoms with Gasteiger partial charge in [-0.05, 0) is 53.1 Å². The van der Waals surface area contributed by atoms with Crippen LogP contribution in [0.3, 0.4) is 0 Å². The number of rotatable bonds is 2. The SMILES string of the molecule is S=C(Nc1cccc2cc(Br)cnc12)NC1CCCC1. The zero-order valence-corrected chi connectivity index (χ0v) is 13.4. The summed E-state index contributed by atoms with van der Waals surface area (Å²) >= 11 is 8.85. The molecule has 0 aliphatic heterocycles. The van der Waals surface area contributed by atoms with Crippen molar-refractivity contribution in [2.45, 2.75) is 31.7 Å². The Labute approximate surface area is 132 Å². The first-order valence-corrected chi connectivity index (χ1v) is 8.04. The lowest BCUT2D eigenvalue weighted by Gasteiger charge is -2.16. The Morgan fingerprint density at radius 3 is 2.90 bits per heavy atom. The average Bonchev–Trinajstić information content (AvgIpc) is 2.91. The summed E-state index contributed by atoms with van der Waals surface area (Å²) in [5.41, 5.74) is 1.89. The Hall–Kier alpha value is -1.20. The highest BCUT2D eigenvalue weighted by Crippen LogP contribution is 2.24. The zero-order chi connectivity index (χ0) is 13.9. The Morgan fingerprint density at radius 2 is 2.10 bits per heavy atom. The molecule has 0 amide bonds. The van der Waals surface area contributed by atoms with Gasteiger partial charge in [0.05, 0.1) is 11.2 Å². The molecule has 3 rings (SSSR count). The van der Waals surface area contributed by atoms with Crippen LogP contribution in [-0.2, 0) is 0 Å². The first kappa shape index (κ1) is 13.8. The molecule has 1 aromatic heterocycles. The molecule has 2 aromatic rings. The number of nitrogens with one attached hydrogen (secondary N) is 2. The summed E-state index contributed by atoms with van der Waals surface area (Å²) in [6.07, 6.45) is 6.82. The molecule has 104 valence electrons. The molecule has 1 aliphatic rings. The largest absolute Gasteiger partial charge is 0.360 e. The van der Waals surface area contributed by atoms with E-state index in [1.165, 1.54) is 25.7 Å². The lowest BCUT2D eigenvalue weighted by atomic mass is 10.2. The van der Waals surface area contributed by atoms with E-state index in [1.54, 1.807) is 6.20 Å². The third-order valence-electron chi connectivity index (χ3n) is 3.62. The maximum atomic E-state index is 5.40. The van der Waals surface area contributed by atoms with E-state index in [0.29, 0.717) is 11.2 Å². The Kier molecular flexibility index (Phi) is 4.17. The number of anilines is 1. The number of hydrogen-bond acceptors (Lipinski definition) is 2. The quantitative estimate of drug-likeness (QED) is 0.795. The van der Waals surface area contributed by atoms with Crippen LogP contribution in [0.15, 0.2) is 34.9 Å². The van der Waals surface area contributed by atoms with Gasteiger partial charge in [0.15, 0.2) is 5.11 Å². The second kappa shape index (κ2) is 6.06. The molecule has 0 radical (unpaired) electrons. The number of halogens is 1. The molecule has 2 N–H and O–H groups in total. The monoisotopic (exact) mass is 349 g/mol. The standard InChI is InChI=1S/C15H16BrN3S/c16-11-8-10-4-3-7-13(14(10)17-9-11)19-15(20)18-12-5-1-2-6-12/h3-4,7-9,12H,1-2,5-6H2,(H2,18,19,20). The molecule has 0 spiro atoms. The Balaban J connectivity index is 1.78. The average molecular weight is 350 g/mol. The van der Waals surface area contributed by atoms with Gasteiger partial charge in [0.1, 0.15) is 0 Å². The molecule has 20 heavy (non-hydrogen) atoms. The van der Waals surface area contributed by atoms with Gasteiger partial charge in [-0.3, -0.25) is 4.98 Å². The molecule has 1 heterocycles. The molecule has 0 bridgehead atoms. The number of thiocarbonyl (C=S) groups is 1. The van der Waals surface area contributed by atoms with Gasteiger partial charge in [-0.25, -0.2) is 0 Å². The van der Waals surface area contributed by atoms with E-state index in [4.69, 9.17) is 12.2 Å². The van der Waals surface area contributed by atoms with Crippen molar-refractivity contribution in [3.8, 4) is 0 Å². The van der Waals surface area contributed by atoms with Crippen molar-refractivity contribution >= 4 is 49.9 Å². The molecular formula is C15H16BrN3S. The number of hydrogen-bond donors (Lipinski definition) is 2. The molecule has 1 aromatic carbocycles. The highest BCUT2D eigenvalue weighted by atomic mass is 79.9. The van der Waals surface area contributed by atoms with E-state index in [-0.39, 0.29) is 0 Å². The number of pyridine rings is 1. The minimum Gasteiger partial charge on any atom is -0.360 e. The second-order valence-electron chi connectivity index (χ2n) is 5.11. The number of fused-ring (bicyclic) bond motifs is 1. The van der Waals surface area contributed by atoms with Crippen LogP contribution >= 0.6 is 28.1 Å². The van der Waals surface area contributed by atoms with Gasteiger partial charge in [-0.1, -0.05) is 25.0 Å². The molecule has 1 fully saturated rings. The van der Waals surface area contributed by atoms with Crippen molar-refractivity contribution in [2.75, 3.05) is 5.32 Å². The fraction of sp³-hybridized carbons (Fsp3) is 0.333. The summed E-state index contributed by atoms with van der Waals surface area (Å²) in [5.74, 6) is 0. The lowest BCUT2D eigenvalue weighted by molar-refractivity contribution is 0.634. The van der Waals surface area contributed by atoms with Gasteiger partial charge in [0.2, 0.25) is 0 Å². The molecule has 0 atom stereocenters. The Morgan fingerprint density at radius 1 is 1.30 bits per heavy atom. The van der Waals surface area contributed by atoms with Crippen LogP contribution in [0.4, 0.5) is 5.69 Å². The maximum Gasteiger partial charge on any atom is 0.171 e. The predicted octanol–water partition coefficient (Wildman–Crippen LogP) is 4.23. The zero-order valence-electron chi connectivity index (χ0n) is 11.0. The molecule has 0 saturated heterocycles. The van der Waals surface area contributed by atoms with Crippen LogP contribution in [0.1, 0.15) is 25.7 Å². The van der Waals surface area contributed by atoms with Crippen LogP contribution in [0.2, 0.25) is 0 Å². The molecule has 5 heteroatoms. The molecular weight excluding hydrogens is 334 g/mol. The first-order chi connectivity index (χ1) is 9.72. The van der Waals surface area contributed by atoms with Crippen molar-refractivity contribution in [1.82, 2.24) is 10.3 Å². The molecule has 1 saturated carbocycles. The van der Waals surface area contributed by atoms with E-state index in [0.717, 1.165) is 21.1 Å². The highest BCUT2D eigenvalue weighted by Gasteiger charge is 2.15. The van der Waals surface area contributed by atoms with Crippen LogP contribution < -0.4 is 10.6 Å². The van der Waals surface area contributed by atoms with E-state index < -0.39 is 0 Å². The van der Waals surface area contributed by atoms with Crippen molar-refractivity contribution in [1.29, 1.82) is 0 Å². The van der Waals surface area contributed by atoms with Crippen LogP contribution in [0.25, 0.3) is 10.9 Å². The summed E-state index contributed by atoms with van der Waals surface area (Å²) in [4.78, 5) is 4.47. The molecule has 0 unspecified atom stereocenters. The highest BCUT2D eigenvalue weighted by molar-refractivity contribution is 9.10. The summed E-state index contributed by atoms with van der Waals surface area (Å²) in [6, 6.07) is 8.64. The topological polar surface area (TPSA) is 37.0 Å². The van der Waals surface area contributed by atoms with Gasteiger partial charge in [0.25, 0.3) is 0 Å². The van der Waals surface area contributed by atoms with Gasteiger partial charge >= 0.3 is 0 Å². The third kappa shape index (κ3) is 3.10. The smallest absolute Gasteiger partial charge is 0.171 e. The van der Waals surface area contributed by atoms with Crippen LogP contribution in [-0.4, -0.2) is 16.1 Å². The van der Waals surface area contributed by atoms with E-state index >= 15 is 0 Å². The minimum absolute atomic E-state index is 0.520. The summed E-state index contributed by atoms with van der Waals surface area (Å²) in [6.45, 7) is 0. The van der Waals surface area contributed by atoms with Crippen LogP contribution in [0, 0.1) is 0 Å². The van der Waals surface area contributed by atoms with E-state index in [1.807, 2.05) is 18.2 Å². The minimum atomic E-state index is 0.520. The van der Waals surface area contributed by atoms with E-state index in [9.17, 15) is 0 Å². The molecule has 3 nitrogen and oxygen atoms in total. The van der Waals surface area contributed by atoms with Crippen molar-refractivity contribution in [3.05, 3.63) is 34.9 Å². The first-order valence-electron chi connectivity index (χ1n) is 6.84. The van der Waals surface area contributed by atoms with Crippen molar-refractivity contribution in [3.63, 3.8) is 0 Å². The van der Waals surface area contributed by atoms with Gasteiger partial charge in [0, 0.05) is 22.1 Å². The number of aromatic nitrogens is 1. The fourth-order valence-electron chi connectivity index (χ4n) is 2.65. The predicted molar refractivity (Wildman–Crippen MR) is 91.1 cm³/mol. The number of nitrogens with zero attached hydrogens (tertiary/aromatic N) is 1. The normalized spacial score (nSPS) is 15.4. The van der Waals surface area contributed by atoms with Gasteiger partial charge in [-0.2, -0.15) is 0 Å². The lowest BCUT2D eigenvalue weighted by Crippen LogP contribution is -2.35. The fourth-order valence-corrected chi connectivity index (χ4v) is 3.27. The number of benzene rings is 1. The maximum absolute atomic E-state index is 5.40. The molecule has 1 aliphatic carbocycles. The second-order valence-corrected chi connectivity index (χ2v) is 6.43. The summed E-state index contributed by atoms with van der Waals surface area (Å²) in [5, 5.41) is 8.44. The Bertz CT molecular complexity index is 638. The van der Waals surface area contributed by atoms with Gasteiger partial charge < -0.3 is 10.6 Å². The summed E-state index contributed by atoms with van der Waals surface area (Å²) < 4.78 is 0.980. The van der Waals surface area contributed by atoms with Gasteiger partial charge in [-0.15, -0.1) is 0 Å². The van der Waals surface area contributed by atoms with Crippen LogP contribution in [0.5, 0.6) is 0 Å². The number of para-hydroxylation sites is 1. The van der Waals surface area contributed by atoms with Crippen molar-refractivity contribution in [2.24, 2.45) is 0 Å². The third-order valence-corrected chi connectivity index (χ3v) is 4.27. The van der Waals surface area contributed by atoms with Crippen molar-refractivity contribution < 1.29 is 0 Å². The van der Waals surface area contributed by atoms with E-state index in [2.05, 4.69) is 37.6 Å². The summed E-state index contributed by atoms with van der Waals surface area (Å²) in [7, 11) is 0.